The van der Waals surface area contributed by atoms with Crippen LogP contribution in [0.25, 0.3) is 0 Å². The van der Waals surface area contributed by atoms with E-state index in [4.69, 9.17) is 9.47 Å². The molecule has 1 saturated heterocycles. The van der Waals surface area contributed by atoms with E-state index in [1.165, 1.54) is 32.1 Å². The molecule has 1 saturated carbocycles. The predicted molar refractivity (Wildman–Crippen MR) is 90.0 cm³/mol. The normalized spacial score (nSPS) is 21.7. The van der Waals surface area contributed by atoms with Crippen LogP contribution in [0.4, 0.5) is 0 Å². The van der Waals surface area contributed by atoms with Gasteiger partial charge in [0.25, 0.3) is 0 Å². The van der Waals surface area contributed by atoms with E-state index < -0.39 is 0 Å². The lowest BCUT2D eigenvalue weighted by Crippen LogP contribution is -2.31. The predicted octanol–water partition coefficient (Wildman–Crippen LogP) is 2.83. The van der Waals surface area contributed by atoms with Crippen LogP contribution in [0.5, 0.6) is 11.8 Å². The SMILES string of the molecule is COc1ccc(OC2CCN(C(=O)CCC3CCCCC3)C2)nn1. The van der Waals surface area contributed by atoms with Gasteiger partial charge in [0.1, 0.15) is 6.10 Å². The van der Waals surface area contributed by atoms with Crippen LogP contribution in [-0.2, 0) is 4.79 Å². The minimum Gasteiger partial charge on any atom is -0.480 e. The molecule has 1 aliphatic carbocycles. The molecule has 1 unspecified atom stereocenters. The van der Waals surface area contributed by atoms with Crippen LogP contribution in [0.2, 0.25) is 0 Å². The summed E-state index contributed by atoms with van der Waals surface area (Å²) in [4.78, 5) is 14.3. The van der Waals surface area contributed by atoms with Crippen molar-refractivity contribution in [1.82, 2.24) is 15.1 Å². The second-order valence-corrected chi connectivity index (χ2v) is 6.82. The number of aromatic nitrogens is 2. The van der Waals surface area contributed by atoms with Gasteiger partial charge in [0.2, 0.25) is 17.7 Å². The molecule has 2 heterocycles. The highest BCUT2D eigenvalue weighted by Gasteiger charge is 2.28. The largest absolute Gasteiger partial charge is 0.480 e. The van der Waals surface area contributed by atoms with Crippen molar-refractivity contribution < 1.29 is 14.3 Å². The average molecular weight is 333 g/mol. The topological polar surface area (TPSA) is 64.6 Å². The zero-order valence-corrected chi connectivity index (χ0v) is 14.4. The van der Waals surface area contributed by atoms with E-state index in [0.29, 0.717) is 24.7 Å². The molecule has 1 atom stereocenters. The molecule has 0 bridgehead atoms. The van der Waals surface area contributed by atoms with Crippen LogP contribution in [0, 0.1) is 5.92 Å². The van der Waals surface area contributed by atoms with Gasteiger partial charge in [-0.15, -0.1) is 10.2 Å². The molecule has 0 N–H and O–H groups in total. The van der Waals surface area contributed by atoms with Gasteiger partial charge in [-0.2, -0.15) is 0 Å². The van der Waals surface area contributed by atoms with E-state index in [0.717, 1.165) is 25.3 Å². The van der Waals surface area contributed by atoms with Crippen molar-refractivity contribution in [2.24, 2.45) is 5.92 Å². The van der Waals surface area contributed by atoms with Gasteiger partial charge in [-0.25, -0.2) is 0 Å². The lowest BCUT2D eigenvalue weighted by atomic mass is 9.86. The molecular formula is C18H27N3O3. The summed E-state index contributed by atoms with van der Waals surface area (Å²) in [6.45, 7) is 1.43. The molecule has 2 aliphatic rings. The molecule has 2 fully saturated rings. The van der Waals surface area contributed by atoms with E-state index in [-0.39, 0.29) is 12.0 Å². The highest BCUT2D eigenvalue weighted by molar-refractivity contribution is 5.76. The van der Waals surface area contributed by atoms with Crippen molar-refractivity contribution in [2.45, 2.75) is 57.5 Å². The first-order valence-corrected chi connectivity index (χ1v) is 9.07. The van der Waals surface area contributed by atoms with Crippen molar-refractivity contribution in [3.05, 3.63) is 12.1 Å². The zero-order chi connectivity index (χ0) is 16.8. The van der Waals surface area contributed by atoms with Crippen LogP contribution in [0.15, 0.2) is 12.1 Å². The van der Waals surface area contributed by atoms with Gasteiger partial charge in [0.15, 0.2) is 0 Å². The second-order valence-electron chi connectivity index (χ2n) is 6.82. The first-order chi connectivity index (χ1) is 11.7. The van der Waals surface area contributed by atoms with E-state index >= 15 is 0 Å². The highest BCUT2D eigenvalue weighted by Crippen LogP contribution is 2.28. The minimum atomic E-state index is 0.00586. The Kier molecular flexibility index (Phi) is 5.88. The summed E-state index contributed by atoms with van der Waals surface area (Å²) in [6, 6.07) is 3.48. The zero-order valence-electron chi connectivity index (χ0n) is 14.4. The molecule has 0 aromatic carbocycles. The molecule has 1 aromatic rings. The molecule has 132 valence electrons. The number of ether oxygens (including phenoxy) is 2. The number of rotatable bonds is 6. The van der Waals surface area contributed by atoms with Gasteiger partial charge < -0.3 is 14.4 Å². The molecule has 1 amide bonds. The van der Waals surface area contributed by atoms with E-state index in [9.17, 15) is 4.79 Å². The van der Waals surface area contributed by atoms with Crippen LogP contribution >= 0.6 is 0 Å². The third kappa shape index (κ3) is 4.58. The molecule has 1 aromatic heterocycles. The van der Waals surface area contributed by atoms with Gasteiger partial charge in [-0.1, -0.05) is 32.1 Å². The third-order valence-electron chi connectivity index (χ3n) is 5.10. The van der Waals surface area contributed by atoms with Gasteiger partial charge in [-0.3, -0.25) is 4.79 Å². The van der Waals surface area contributed by atoms with Crippen molar-refractivity contribution in [3.8, 4) is 11.8 Å². The summed E-state index contributed by atoms with van der Waals surface area (Å²) in [5.41, 5.74) is 0. The number of hydrogen-bond acceptors (Lipinski definition) is 5. The lowest BCUT2D eigenvalue weighted by Gasteiger charge is -2.22. The third-order valence-corrected chi connectivity index (χ3v) is 5.10. The fourth-order valence-electron chi connectivity index (χ4n) is 3.66. The van der Waals surface area contributed by atoms with Crippen molar-refractivity contribution in [2.75, 3.05) is 20.2 Å². The quantitative estimate of drug-likeness (QED) is 0.801. The van der Waals surface area contributed by atoms with Crippen molar-refractivity contribution in [3.63, 3.8) is 0 Å². The summed E-state index contributed by atoms with van der Waals surface area (Å²) in [5.74, 6) is 1.98. The van der Waals surface area contributed by atoms with Gasteiger partial charge >= 0.3 is 0 Å². The van der Waals surface area contributed by atoms with Crippen LogP contribution in [0.1, 0.15) is 51.4 Å². The van der Waals surface area contributed by atoms with Gasteiger partial charge in [0.05, 0.1) is 13.7 Å². The number of likely N-dealkylation sites (tertiary alicyclic amines) is 1. The lowest BCUT2D eigenvalue weighted by molar-refractivity contribution is -0.130. The number of hydrogen-bond donors (Lipinski definition) is 0. The fourth-order valence-corrected chi connectivity index (χ4v) is 3.66. The van der Waals surface area contributed by atoms with Crippen molar-refractivity contribution in [1.29, 1.82) is 0 Å². The van der Waals surface area contributed by atoms with E-state index in [1.807, 2.05) is 4.90 Å². The van der Waals surface area contributed by atoms with Crippen LogP contribution < -0.4 is 9.47 Å². The summed E-state index contributed by atoms with van der Waals surface area (Å²) < 4.78 is 10.8. The Hall–Kier alpha value is -1.85. The van der Waals surface area contributed by atoms with Crippen LogP contribution in [-0.4, -0.2) is 47.3 Å². The smallest absolute Gasteiger partial charge is 0.233 e. The first kappa shape index (κ1) is 17.0. The maximum absolute atomic E-state index is 12.4. The maximum Gasteiger partial charge on any atom is 0.233 e. The average Bonchev–Trinajstić information content (AvgIpc) is 3.10. The first-order valence-electron chi connectivity index (χ1n) is 9.07. The summed E-state index contributed by atoms with van der Waals surface area (Å²) in [5, 5.41) is 7.88. The Morgan fingerprint density at radius 2 is 1.92 bits per heavy atom. The fraction of sp³-hybridized carbons (Fsp3) is 0.722. The molecule has 0 radical (unpaired) electrons. The summed E-state index contributed by atoms with van der Waals surface area (Å²) in [6.07, 6.45) is 9.22. The Morgan fingerprint density at radius 3 is 2.62 bits per heavy atom. The molecule has 6 heteroatoms. The Bertz CT molecular complexity index is 529. The minimum absolute atomic E-state index is 0.00586. The molecule has 1 aliphatic heterocycles. The Labute approximate surface area is 143 Å². The number of amides is 1. The second kappa shape index (κ2) is 8.31. The Morgan fingerprint density at radius 1 is 1.17 bits per heavy atom. The molecule has 6 nitrogen and oxygen atoms in total. The number of carbonyl (C=O) groups is 1. The molecule has 24 heavy (non-hydrogen) atoms. The van der Waals surface area contributed by atoms with Gasteiger partial charge in [-0.05, 0) is 12.3 Å². The van der Waals surface area contributed by atoms with E-state index in [1.54, 1.807) is 19.2 Å². The van der Waals surface area contributed by atoms with Crippen molar-refractivity contribution >= 4 is 5.91 Å². The molecule has 3 rings (SSSR count). The summed E-state index contributed by atoms with van der Waals surface area (Å²) >= 11 is 0. The maximum atomic E-state index is 12.4. The Balaban J connectivity index is 1.41. The molecule has 0 spiro atoms. The number of methoxy groups -OCH3 is 1. The highest BCUT2D eigenvalue weighted by atomic mass is 16.5. The standard InChI is InChI=1S/C18H27N3O3/c1-23-16-8-9-17(20-19-16)24-15-11-12-21(13-15)18(22)10-7-14-5-3-2-4-6-14/h8-9,14-15H,2-7,10-13H2,1H3. The van der Waals surface area contributed by atoms with Gasteiger partial charge in [0, 0.05) is 31.5 Å². The van der Waals surface area contributed by atoms with E-state index in [2.05, 4.69) is 10.2 Å². The molecular weight excluding hydrogens is 306 g/mol. The number of nitrogens with zero attached hydrogens (tertiary/aromatic N) is 3. The van der Waals surface area contributed by atoms with Crippen LogP contribution in [0.3, 0.4) is 0 Å². The number of carbonyl (C=O) groups excluding carboxylic acids is 1. The monoisotopic (exact) mass is 333 g/mol. The summed E-state index contributed by atoms with van der Waals surface area (Å²) in [7, 11) is 1.55.